The Bertz CT molecular complexity index is 357. The van der Waals surface area contributed by atoms with E-state index in [0.717, 1.165) is 24.4 Å². The molecule has 1 aliphatic carbocycles. The maximum Gasteiger partial charge on any atom is 0.105 e. The van der Waals surface area contributed by atoms with Gasteiger partial charge in [0.05, 0.1) is 0 Å². The predicted molar refractivity (Wildman–Crippen MR) is 61.9 cm³/mol. The molecule has 2 nitrogen and oxygen atoms in total. The molecule has 0 aromatic carbocycles. The molecule has 0 fully saturated rings. The molecule has 15 heavy (non-hydrogen) atoms. The van der Waals surface area contributed by atoms with Crippen LogP contribution in [0.5, 0.6) is 0 Å². The van der Waals surface area contributed by atoms with Gasteiger partial charge in [0.1, 0.15) is 11.5 Å². The van der Waals surface area contributed by atoms with E-state index in [0.29, 0.717) is 12.1 Å². The van der Waals surface area contributed by atoms with Crippen LogP contribution in [0.2, 0.25) is 0 Å². The lowest BCUT2D eigenvalue weighted by molar-refractivity contribution is 0.455. The lowest BCUT2D eigenvalue weighted by atomic mass is 10.1. The van der Waals surface area contributed by atoms with Crippen molar-refractivity contribution < 1.29 is 4.42 Å². The molecular formula is C13H19NO. The van der Waals surface area contributed by atoms with Gasteiger partial charge in [-0.3, -0.25) is 0 Å². The van der Waals surface area contributed by atoms with E-state index in [-0.39, 0.29) is 0 Å². The molecule has 0 saturated carbocycles. The first-order valence-electron chi connectivity index (χ1n) is 5.65. The molecule has 1 N–H and O–H groups in total. The third-order valence-corrected chi connectivity index (χ3v) is 3.04. The van der Waals surface area contributed by atoms with Crippen LogP contribution in [-0.4, -0.2) is 6.04 Å². The fourth-order valence-corrected chi connectivity index (χ4v) is 2.28. The summed E-state index contributed by atoms with van der Waals surface area (Å²) in [5.41, 5.74) is 1.29. The number of rotatable bonds is 3. The molecule has 82 valence electrons. The molecule has 0 amide bonds. The van der Waals surface area contributed by atoms with Crippen molar-refractivity contribution in [2.45, 2.75) is 45.7 Å². The Morgan fingerprint density at radius 3 is 2.53 bits per heavy atom. The maximum absolute atomic E-state index is 5.54. The van der Waals surface area contributed by atoms with Gasteiger partial charge in [-0.1, -0.05) is 12.2 Å². The Balaban J connectivity index is 2.00. The minimum Gasteiger partial charge on any atom is -0.466 e. The Kier molecular flexibility index (Phi) is 2.96. The first-order valence-corrected chi connectivity index (χ1v) is 5.65. The molecule has 1 aromatic heterocycles. The van der Waals surface area contributed by atoms with Crippen molar-refractivity contribution in [3.63, 3.8) is 0 Å². The quantitative estimate of drug-likeness (QED) is 0.766. The van der Waals surface area contributed by atoms with Crippen LogP contribution in [0.15, 0.2) is 22.6 Å². The Morgan fingerprint density at radius 1 is 1.33 bits per heavy atom. The topological polar surface area (TPSA) is 25.2 Å². The van der Waals surface area contributed by atoms with Gasteiger partial charge in [0.2, 0.25) is 0 Å². The van der Waals surface area contributed by atoms with E-state index in [4.69, 9.17) is 4.42 Å². The molecule has 1 aliphatic rings. The van der Waals surface area contributed by atoms with E-state index >= 15 is 0 Å². The van der Waals surface area contributed by atoms with E-state index in [2.05, 4.69) is 30.5 Å². The van der Waals surface area contributed by atoms with E-state index in [9.17, 15) is 0 Å². The van der Waals surface area contributed by atoms with Gasteiger partial charge in [0.15, 0.2) is 0 Å². The molecule has 0 radical (unpaired) electrons. The highest BCUT2D eigenvalue weighted by Gasteiger charge is 2.17. The van der Waals surface area contributed by atoms with Gasteiger partial charge in [-0.25, -0.2) is 0 Å². The molecule has 1 aromatic rings. The minimum atomic E-state index is 0.382. The van der Waals surface area contributed by atoms with Crippen molar-refractivity contribution >= 4 is 0 Å². The summed E-state index contributed by atoms with van der Waals surface area (Å²) in [4.78, 5) is 0. The average Bonchev–Trinajstić information content (AvgIpc) is 2.75. The highest BCUT2D eigenvalue weighted by Crippen LogP contribution is 2.23. The molecule has 2 rings (SSSR count). The number of furan rings is 1. The van der Waals surface area contributed by atoms with Crippen LogP contribution in [0.3, 0.4) is 0 Å². The van der Waals surface area contributed by atoms with Crippen LogP contribution in [0, 0.1) is 13.8 Å². The fraction of sp³-hybridized carbons (Fsp3) is 0.538. The number of aryl methyl sites for hydroxylation is 2. The Labute approximate surface area is 91.4 Å². The third kappa shape index (κ3) is 2.32. The lowest BCUT2D eigenvalue weighted by Crippen LogP contribution is -2.29. The van der Waals surface area contributed by atoms with Crippen molar-refractivity contribution in [2.24, 2.45) is 0 Å². The summed E-state index contributed by atoms with van der Waals surface area (Å²) in [5.74, 6) is 2.04. The van der Waals surface area contributed by atoms with Crippen LogP contribution in [0.4, 0.5) is 0 Å². The fourth-order valence-electron chi connectivity index (χ4n) is 2.28. The van der Waals surface area contributed by atoms with Crippen LogP contribution in [-0.2, 0) is 0 Å². The molecule has 1 unspecified atom stereocenters. The monoisotopic (exact) mass is 205 g/mol. The van der Waals surface area contributed by atoms with Gasteiger partial charge >= 0.3 is 0 Å². The molecule has 0 spiro atoms. The van der Waals surface area contributed by atoms with E-state index in [1.807, 2.05) is 13.8 Å². The van der Waals surface area contributed by atoms with Crippen molar-refractivity contribution in [3.05, 3.63) is 35.3 Å². The normalized spacial score (nSPS) is 18.6. The second-order valence-electron chi connectivity index (χ2n) is 4.40. The number of hydrogen-bond donors (Lipinski definition) is 1. The lowest BCUT2D eigenvalue weighted by Gasteiger charge is -2.18. The summed E-state index contributed by atoms with van der Waals surface area (Å²) in [6, 6.07) is 3.12. The van der Waals surface area contributed by atoms with Crippen LogP contribution >= 0.6 is 0 Å². The van der Waals surface area contributed by atoms with E-state index in [1.165, 1.54) is 5.56 Å². The first-order chi connectivity index (χ1) is 7.16. The van der Waals surface area contributed by atoms with Crippen LogP contribution < -0.4 is 5.32 Å². The molecule has 1 heterocycles. The maximum atomic E-state index is 5.54. The number of nitrogens with one attached hydrogen (secondary N) is 1. The number of hydrogen-bond acceptors (Lipinski definition) is 2. The second-order valence-corrected chi connectivity index (χ2v) is 4.40. The van der Waals surface area contributed by atoms with Gasteiger partial charge in [-0.15, -0.1) is 0 Å². The molecular weight excluding hydrogens is 186 g/mol. The summed E-state index contributed by atoms with van der Waals surface area (Å²) < 4.78 is 5.54. The van der Waals surface area contributed by atoms with Crippen molar-refractivity contribution in [2.75, 3.05) is 0 Å². The summed E-state index contributed by atoms with van der Waals surface area (Å²) >= 11 is 0. The molecule has 0 bridgehead atoms. The van der Waals surface area contributed by atoms with Gasteiger partial charge < -0.3 is 9.73 Å². The predicted octanol–water partition coefficient (Wildman–Crippen LogP) is 3.27. The van der Waals surface area contributed by atoms with Gasteiger partial charge in [0, 0.05) is 17.6 Å². The zero-order valence-electron chi connectivity index (χ0n) is 9.71. The largest absolute Gasteiger partial charge is 0.466 e. The zero-order valence-corrected chi connectivity index (χ0v) is 9.71. The van der Waals surface area contributed by atoms with Gasteiger partial charge in [0.25, 0.3) is 0 Å². The average molecular weight is 205 g/mol. The molecule has 2 heteroatoms. The van der Waals surface area contributed by atoms with E-state index in [1.54, 1.807) is 0 Å². The van der Waals surface area contributed by atoms with Gasteiger partial charge in [-0.2, -0.15) is 0 Å². The van der Waals surface area contributed by atoms with Gasteiger partial charge in [-0.05, 0) is 39.7 Å². The highest BCUT2D eigenvalue weighted by molar-refractivity contribution is 5.23. The first kappa shape index (κ1) is 10.5. The SMILES string of the molecule is Cc1cc(C(C)NC2CC=CC2)c(C)o1. The molecule has 0 aliphatic heterocycles. The van der Waals surface area contributed by atoms with Crippen LogP contribution in [0.1, 0.15) is 42.9 Å². The molecule has 0 saturated heterocycles. The summed E-state index contributed by atoms with van der Waals surface area (Å²) in [7, 11) is 0. The van der Waals surface area contributed by atoms with Crippen molar-refractivity contribution in [3.8, 4) is 0 Å². The minimum absolute atomic E-state index is 0.382. The highest BCUT2D eigenvalue weighted by atomic mass is 16.3. The molecule has 1 atom stereocenters. The van der Waals surface area contributed by atoms with Crippen LogP contribution in [0.25, 0.3) is 0 Å². The summed E-state index contributed by atoms with van der Waals surface area (Å²) in [6.45, 7) is 6.24. The Hall–Kier alpha value is -1.02. The zero-order chi connectivity index (χ0) is 10.8. The second kappa shape index (κ2) is 4.23. The van der Waals surface area contributed by atoms with Crippen molar-refractivity contribution in [1.29, 1.82) is 0 Å². The summed E-state index contributed by atoms with van der Waals surface area (Å²) in [5, 5.41) is 3.63. The third-order valence-electron chi connectivity index (χ3n) is 3.04. The summed E-state index contributed by atoms with van der Waals surface area (Å²) in [6.07, 6.45) is 6.80. The smallest absolute Gasteiger partial charge is 0.105 e. The van der Waals surface area contributed by atoms with Crippen molar-refractivity contribution in [1.82, 2.24) is 5.32 Å². The van der Waals surface area contributed by atoms with E-state index < -0.39 is 0 Å². The Morgan fingerprint density at radius 2 is 2.00 bits per heavy atom. The standard InChI is InChI=1S/C13H19NO/c1-9-8-13(11(3)15-9)10(2)14-12-6-4-5-7-12/h4-5,8,10,12,14H,6-7H2,1-3H3.